The molecule has 0 bridgehead atoms. The second-order valence-corrected chi connectivity index (χ2v) is 3.27. The van der Waals surface area contributed by atoms with Gasteiger partial charge in [-0.05, 0) is 25.7 Å². The van der Waals surface area contributed by atoms with Gasteiger partial charge in [0.25, 0.3) is 0 Å². The van der Waals surface area contributed by atoms with Gasteiger partial charge in [0, 0.05) is 12.1 Å². The van der Waals surface area contributed by atoms with Crippen molar-refractivity contribution in [2.45, 2.75) is 51.5 Å². The Labute approximate surface area is 64.2 Å². The number of piperidine rings is 1. The minimum atomic E-state index is 0.387. The molecule has 0 aliphatic carbocycles. The van der Waals surface area contributed by atoms with Crippen molar-refractivity contribution in [3.63, 3.8) is 0 Å². The van der Waals surface area contributed by atoms with Crippen molar-refractivity contribution in [2.24, 2.45) is 0 Å². The SMILES string of the molecule is CCC1(CC)CCCC[N]1. The fourth-order valence-corrected chi connectivity index (χ4v) is 1.79. The lowest BCUT2D eigenvalue weighted by molar-refractivity contribution is 0.230. The van der Waals surface area contributed by atoms with E-state index >= 15 is 0 Å². The van der Waals surface area contributed by atoms with Gasteiger partial charge in [-0.2, -0.15) is 0 Å². The minimum absolute atomic E-state index is 0.387. The standard InChI is InChI=1S/C9H18N/c1-3-9(4-2)7-5-6-8-10-9/h3-8H2,1-2H3. The first-order chi connectivity index (χ1) is 4.83. The van der Waals surface area contributed by atoms with Crippen LogP contribution in [0.1, 0.15) is 46.0 Å². The maximum atomic E-state index is 4.70. The lowest BCUT2D eigenvalue weighted by Crippen LogP contribution is -2.42. The van der Waals surface area contributed by atoms with E-state index in [1.165, 1.54) is 32.1 Å². The predicted molar refractivity (Wildman–Crippen MR) is 44.2 cm³/mol. The highest BCUT2D eigenvalue weighted by atomic mass is 15.0. The van der Waals surface area contributed by atoms with E-state index < -0.39 is 0 Å². The Bertz CT molecular complexity index is 86.9. The summed E-state index contributed by atoms with van der Waals surface area (Å²) in [5.41, 5.74) is 0.387. The molecule has 0 atom stereocenters. The van der Waals surface area contributed by atoms with Crippen LogP contribution in [0.3, 0.4) is 0 Å². The molecule has 1 nitrogen and oxygen atoms in total. The van der Waals surface area contributed by atoms with Crippen molar-refractivity contribution < 1.29 is 0 Å². The van der Waals surface area contributed by atoms with Gasteiger partial charge in [-0.15, -0.1) is 0 Å². The second-order valence-electron chi connectivity index (χ2n) is 3.27. The predicted octanol–water partition coefficient (Wildman–Crippen LogP) is 2.33. The normalized spacial score (nSPS) is 24.6. The number of hydrogen-bond acceptors (Lipinski definition) is 0. The molecule has 0 N–H and O–H groups in total. The molecule has 1 aliphatic heterocycles. The topological polar surface area (TPSA) is 14.1 Å². The third-order valence-corrected chi connectivity index (χ3v) is 2.81. The Balaban J connectivity index is 2.44. The quantitative estimate of drug-likeness (QED) is 0.559. The van der Waals surface area contributed by atoms with Gasteiger partial charge in [0.2, 0.25) is 0 Å². The first-order valence-electron chi connectivity index (χ1n) is 4.51. The van der Waals surface area contributed by atoms with Gasteiger partial charge in [0.1, 0.15) is 0 Å². The zero-order chi connectivity index (χ0) is 7.45. The summed E-state index contributed by atoms with van der Waals surface area (Å²) in [5.74, 6) is 0. The van der Waals surface area contributed by atoms with E-state index in [9.17, 15) is 0 Å². The van der Waals surface area contributed by atoms with Gasteiger partial charge in [-0.1, -0.05) is 20.3 Å². The van der Waals surface area contributed by atoms with Crippen molar-refractivity contribution >= 4 is 0 Å². The average Bonchev–Trinajstić information content (AvgIpc) is 2.06. The van der Waals surface area contributed by atoms with E-state index in [-0.39, 0.29) is 0 Å². The van der Waals surface area contributed by atoms with Gasteiger partial charge >= 0.3 is 0 Å². The van der Waals surface area contributed by atoms with Crippen LogP contribution in [-0.4, -0.2) is 12.1 Å². The molecule has 1 aliphatic rings. The van der Waals surface area contributed by atoms with Crippen molar-refractivity contribution in [2.75, 3.05) is 6.54 Å². The van der Waals surface area contributed by atoms with Crippen molar-refractivity contribution in [1.29, 1.82) is 0 Å². The largest absolute Gasteiger partial charge is 0.235 e. The maximum Gasteiger partial charge on any atom is 0.0351 e. The zero-order valence-electron chi connectivity index (χ0n) is 7.19. The Morgan fingerprint density at radius 1 is 1.20 bits per heavy atom. The van der Waals surface area contributed by atoms with Crippen LogP contribution in [0.15, 0.2) is 0 Å². The number of rotatable bonds is 2. The smallest absolute Gasteiger partial charge is 0.0351 e. The molecular formula is C9H18N. The second kappa shape index (κ2) is 3.38. The molecular weight excluding hydrogens is 122 g/mol. The molecule has 0 spiro atoms. The molecule has 0 unspecified atom stereocenters. The lowest BCUT2D eigenvalue weighted by atomic mass is 9.84. The van der Waals surface area contributed by atoms with Gasteiger partial charge in [0.15, 0.2) is 0 Å². The van der Waals surface area contributed by atoms with E-state index in [4.69, 9.17) is 5.32 Å². The van der Waals surface area contributed by atoms with Crippen molar-refractivity contribution in [1.82, 2.24) is 5.32 Å². The summed E-state index contributed by atoms with van der Waals surface area (Å²) in [5, 5.41) is 4.70. The maximum absolute atomic E-state index is 4.70. The van der Waals surface area contributed by atoms with Crippen LogP contribution in [0.2, 0.25) is 0 Å². The Morgan fingerprint density at radius 2 is 1.90 bits per heavy atom. The Hall–Kier alpha value is -0.0400. The monoisotopic (exact) mass is 140 g/mol. The Kier molecular flexibility index (Phi) is 2.72. The summed E-state index contributed by atoms with van der Waals surface area (Å²) < 4.78 is 0. The van der Waals surface area contributed by atoms with Crippen molar-refractivity contribution in [3.8, 4) is 0 Å². The highest BCUT2D eigenvalue weighted by Gasteiger charge is 2.28. The summed E-state index contributed by atoms with van der Waals surface area (Å²) >= 11 is 0. The van der Waals surface area contributed by atoms with Gasteiger partial charge < -0.3 is 0 Å². The van der Waals surface area contributed by atoms with Gasteiger partial charge in [-0.3, -0.25) is 0 Å². The molecule has 1 radical (unpaired) electrons. The molecule has 1 heteroatoms. The molecule has 0 aromatic carbocycles. The molecule has 1 saturated heterocycles. The number of nitrogens with zero attached hydrogens (tertiary/aromatic N) is 1. The van der Waals surface area contributed by atoms with E-state index in [1.807, 2.05) is 0 Å². The summed E-state index contributed by atoms with van der Waals surface area (Å²) in [6.07, 6.45) is 6.53. The molecule has 59 valence electrons. The highest BCUT2D eigenvalue weighted by molar-refractivity contribution is 4.87. The lowest BCUT2D eigenvalue weighted by Gasteiger charge is -2.35. The van der Waals surface area contributed by atoms with Crippen LogP contribution < -0.4 is 5.32 Å². The molecule has 0 amide bonds. The summed E-state index contributed by atoms with van der Waals surface area (Å²) in [6.45, 7) is 5.64. The van der Waals surface area contributed by atoms with Gasteiger partial charge in [-0.25, -0.2) is 5.32 Å². The fraction of sp³-hybridized carbons (Fsp3) is 1.00. The molecule has 0 aromatic heterocycles. The van der Waals surface area contributed by atoms with Gasteiger partial charge in [0.05, 0.1) is 0 Å². The van der Waals surface area contributed by atoms with Crippen LogP contribution in [0.25, 0.3) is 0 Å². The third kappa shape index (κ3) is 1.51. The van der Waals surface area contributed by atoms with Crippen LogP contribution in [-0.2, 0) is 0 Å². The molecule has 1 heterocycles. The minimum Gasteiger partial charge on any atom is -0.235 e. The highest BCUT2D eigenvalue weighted by Crippen LogP contribution is 2.26. The van der Waals surface area contributed by atoms with E-state index in [1.54, 1.807) is 0 Å². The van der Waals surface area contributed by atoms with Crippen LogP contribution in [0.4, 0.5) is 0 Å². The molecule has 0 saturated carbocycles. The van der Waals surface area contributed by atoms with Crippen LogP contribution in [0, 0.1) is 0 Å². The Morgan fingerprint density at radius 3 is 2.20 bits per heavy atom. The van der Waals surface area contributed by atoms with Crippen LogP contribution in [0.5, 0.6) is 0 Å². The van der Waals surface area contributed by atoms with E-state index in [0.29, 0.717) is 5.54 Å². The zero-order valence-corrected chi connectivity index (χ0v) is 7.19. The molecule has 1 rings (SSSR count). The summed E-state index contributed by atoms with van der Waals surface area (Å²) in [4.78, 5) is 0. The van der Waals surface area contributed by atoms with Crippen LogP contribution >= 0.6 is 0 Å². The summed E-state index contributed by atoms with van der Waals surface area (Å²) in [7, 11) is 0. The number of hydrogen-bond donors (Lipinski definition) is 0. The van der Waals surface area contributed by atoms with Crippen molar-refractivity contribution in [3.05, 3.63) is 0 Å². The van der Waals surface area contributed by atoms with E-state index in [0.717, 1.165) is 6.54 Å². The summed E-state index contributed by atoms with van der Waals surface area (Å²) in [6, 6.07) is 0. The van der Waals surface area contributed by atoms with E-state index in [2.05, 4.69) is 13.8 Å². The first-order valence-corrected chi connectivity index (χ1v) is 4.51. The third-order valence-electron chi connectivity index (χ3n) is 2.81. The molecule has 0 aromatic rings. The fourth-order valence-electron chi connectivity index (χ4n) is 1.79. The molecule has 10 heavy (non-hydrogen) atoms. The average molecular weight is 140 g/mol. The molecule has 1 fully saturated rings. The first kappa shape index (κ1) is 8.06.